The van der Waals surface area contributed by atoms with Gasteiger partial charge in [-0.1, -0.05) is 17.7 Å². The number of piperazine rings is 1. The van der Waals surface area contributed by atoms with Crippen LogP contribution in [0.15, 0.2) is 24.4 Å². The van der Waals surface area contributed by atoms with E-state index in [1.807, 2.05) is 25.1 Å². The summed E-state index contributed by atoms with van der Waals surface area (Å²) in [6, 6.07) is 5.73. The van der Waals surface area contributed by atoms with Crippen molar-refractivity contribution in [2.24, 2.45) is 0 Å². The van der Waals surface area contributed by atoms with Gasteiger partial charge in [0.15, 0.2) is 11.6 Å². The van der Waals surface area contributed by atoms with E-state index in [0.29, 0.717) is 10.8 Å². The van der Waals surface area contributed by atoms with Gasteiger partial charge in [0.1, 0.15) is 10.7 Å². The zero-order valence-electron chi connectivity index (χ0n) is 12.3. The van der Waals surface area contributed by atoms with Gasteiger partial charge in [-0.05, 0) is 26.1 Å². The second kappa shape index (κ2) is 5.95. The van der Waals surface area contributed by atoms with Gasteiger partial charge < -0.3 is 9.80 Å². The molecule has 0 aliphatic carbocycles. The molecule has 1 fully saturated rings. The van der Waals surface area contributed by atoms with Crippen LogP contribution in [0.1, 0.15) is 5.69 Å². The molecule has 21 heavy (non-hydrogen) atoms. The highest BCUT2D eigenvalue weighted by atomic mass is 35.5. The van der Waals surface area contributed by atoms with Gasteiger partial charge in [0.25, 0.3) is 0 Å². The van der Waals surface area contributed by atoms with Gasteiger partial charge in [0, 0.05) is 32.4 Å². The quantitative estimate of drug-likeness (QED) is 0.851. The average molecular weight is 304 g/mol. The molecule has 2 aromatic rings. The van der Waals surface area contributed by atoms with Gasteiger partial charge in [-0.3, -0.25) is 4.98 Å². The summed E-state index contributed by atoms with van der Waals surface area (Å²) in [5.74, 6) is 1.45. The number of hydrogen-bond acceptors (Lipinski definition) is 5. The highest BCUT2D eigenvalue weighted by Crippen LogP contribution is 2.29. The SMILES string of the molecule is Cc1nc(-c2ccccn2)nc(N2CCN(C)CC2)c1Cl. The first-order valence-electron chi connectivity index (χ1n) is 7.04. The second-order valence-electron chi connectivity index (χ2n) is 5.28. The van der Waals surface area contributed by atoms with Crippen molar-refractivity contribution in [2.45, 2.75) is 6.92 Å². The van der Waals surface area contributed by atoms with Crippen LogP contribution in [0.3, 0.4) is 0 Å². The van der Waals surface area contributed by atoms with Crippen LogP contribution < -0.4 is 4.90 Å². The molecule has 1 aliphatic heterocycles. The van der Waals surface area contributed by atoms with Crippen LogP contribution >= 0.6 is 11.6 Å². The summed E-state index contributed by atoms with van der Waals surface area (Å²) in [6.45, 7) is 5.79. The molecular weight excluding hydrogens is 286 g/mol. The minimum absolute atomic E-state index is 0.631. The van der Waals surface area contributed by atoms with Crippen molar-refractivity contribution in [3.05, 3.63) is 35.1 Å². The second-order valence-corrected chi connectivity index (χ2v) is 5.65. The van der Waals surface area contributed by atoms with Crippen LogP contribution in [0.5, 0.6) is 0 Å². The van der Waals surface area contributed by atoms with E-state index < -0.39 is 0 Å². The minimum Gasteiger partial charge on any atom is -0.353 e. The maximum Gasteiger partial charge on any atom is 0.180 e. The van der Waals surface area contributed by atoms with E-state index in [1.54, 1.807) is 6.20 Å². The highest BCUT2D eigenvalue weighted by molar-refractivity contribution is 6.33. The maximum atomic E-state index is 6.42. The molecule has 0 radical (unpaired) electrons. The summed E-state index contributed by atoms with van der Waals surface area (Å²) in [5.41, 5.74) is 1.56. The van der Waals surface area contributed by atoms with Gasteiger partial charge in [-0.25, -0.2) is 9.97 Å². The van der Waals surface area contributed by atoms with Crippen molar-refractivity contribution in [1.29, 1.82) is 0 Å². The first-order chi connectivity index (χ1) is 10.1. The zero-order chi connectivity index (χ0) is 14.8. The lowest BCUT2D eigenvalue weighted by Gasteiger charge is -2.33. The Morgan fingerprint density at radius 3 is 2.52 bits per heavy atom. The average Bonchev–Trinajstić information content (AvgIpc) is 2.52. The van der Waals surface area contributed by atoms with E-state index in [9.17, 15) is 0 Å². The smallest absolute Gasteiger partial charge is 0.180 e. The van der Waals surface area contributed by atoms with Crippen LogP contribution in [0.4, 0.5) is 5.82 Å². The number of aryl methyl sites for hydroxylation is 1. The predicted molar refractivity (Wildman–Crippen MR) is 84.7 cm³/mol. The molecular formula is C15H18ClN5. The first-order valence-corrected chi connectivity index (χ1v) is 7.42. The molecule has 0 bridgehead atoms. The number of rotatable bonds is 2. The lowest BCUT2D eigenvalue weighted by atomic mass is 10.3. The molecule has 0 atom stereocenters. The molecule has 5 nitrogen and oxygen atoms in total. The van der Waals surface area contributed by atoms with Gasteiger partial charge in [-0.15, -0.1) is 0 Å². The van der Waals surface area contributed by atoms with Crippen LogP contribution in [-0.2, 0) is 0 Å². The molecule has 1 saturated heterocycles. The predicted octanol–water partition coefficient (Wildman–Crippen LogP) is 2.25. The normalized spacial score (nSPS) is 16.2. The summed E-state index contributed by atoms with van der Waals surface area (Å²) in [5, 5.41) is 0.638. The maximum absolute atomic E-state index is 6.42. The monoisotopic (exact) mass is 303 g/mol. The minimum atomic E-state index is 0.631. The van der Waals surface area contributed by atoms with Crippen LogP contribution in [-0.4, -0.2) is 53.1 Å². The Kier molecular flexibility index (Phi) is 4.03. The third kappa shape index (κ3) is 2.99. The number of halogens is 1. The van der Waals surface area contributed by atoms with E-state index in [1.165, 1.54) is 0 Å². The van der Waals surface area contributed by atoms with Gasteiger partial charge >= 0.3 is 0 Å². The molecule has 1 aliphatic rings. The standard InChI is InChI=1S/C15H18ClN5/c1-11-13(16)15(21-9-7-20(2)8-10-21)19-14(18-11)12-5-3-4-6-17-12/h3-6H,7-10H2,1-2H3. The molecule has 3 heterocycles. The largest absolute Gasteiger partial charge is 0.353 e. The Labute approximate surface area is 129 Å². The Morgan fingerprint density at radius 1 is 1.10 bits per heavy atom. The van der Waals surface area contributed by atoms with Crippen molar-refractivity contribution in [2.75, 3.05) is 38.1 Å². The van der Waals surface area contributed by atoms with E-state index in [2.05, 4.69) is 31.8 Å². The van der Waals surface area contributed by atoms with Crippen LogP contribution in [0, 0.1) is 6.92 Å². The molecule has 0 amide bonds. The molecule has 0 aromatic carbocycles. The van der Waals surface area contributed by atoms with Gasteiger partial charge in [0.2, 0.25) is 0 Å². The number of aromatic nitrogens is 3. The van der Waals surface area contributed by atoms with Crippen molar-refractivity contribution in [3.8, 4) is 11.5 Å². The number of anilines is 1. The number of hydrogen-bond donors (Lipinski definition) is 0. The fourth-order valence-corrected chi connectivity index (χ4v) is 2.59. The molecule has 3 rings (SSSR count). The van der Waals surface area contributed by atoms with E-state index in [4.69, 9.17) is 11.6 Å². The molecule has 110 valence electrons. The Hall–Kier alpha value is -1.72. The molecule has 2 aromatic heterocycles. The topological polar surface area (TPSA) is 45.2 Å². The Morgan fingerprint density at radius 2 is 1.86 bits per heavy atom. The lowest BCUT2D eigenvalue weighted by Crippen LogP contribution is -2.45. The van der Waals surface area contributed by atoms with Crippen LogP contribution in [0.25, 0.3) is 11.5 Å². The van der Waals surface area contributed by atoms with E-state index >= 15 is 0 Å². The highest BCUT2D eigenvalue weighted by Gasteiger charge is 2.20. The molecule has 0 unspecified atom stereocenters. The van der Waals surface area contributed by atoms with Gasteiger partial charge in [0.05, 0.1) is 5.69 Å². The number of likely N-dealkylation sites (N-methyl/N-ethyl adjacent to an activating group) is 1. The summed E-state index contributed by atoms with van der Waals surface area (Å²) in [6.07, 6.45) is 1.75. The first kappa shape index (κ1) is 14.2. The summed E-state index contributed by atoms with van der Waals surface area (Å²) < 4.78 is 0. The van der Waals surface area contributed by atoms with Crippen molar-refractivity contribution in [1.82, 2.24) is 19.9 Å². The van der Waals surface area contributed by atoms with Gasteiger partial charge in [-0.2, -0.15) is 0 Å². The fourth-order valence-electron chi connectivity index (χ4n) is 2.38. The van der Waals surface area contributed by atoms with Crippen molar-refractivity contribution in [3.63, 3.8) is 0 Å². The summed E-state index contributed by atoms with van der Waals surface area (Å²) in [4.78, 5) is 18.0. The number of nitrogens with zero attached hydrogens (tertiary/aromatic N) is 5. The lowest BCUT2D eigenvalue weighted by molar-refractivity contribution is 0.312. The van der Waals surface area contributed by atoms with E-state index in [0.717, 1.165) is 43.4 Å². The molecule has 0 saturated carbocycles. The van der Waals surface area contributed by atoms with Crippen LogP contribution in [0.2, 0.25) is 5.02 Å². The molecule has 0 N–H and O–H groups in total. The molecule has 0 spiro atoms. The van der Waals surface area contributed by atoms with Crippen molar-refractivity contribution >= 4 is 17.4 Å². The zero-order valence-corrected chi connectivity index (χ0v) is 13.0. The Balaban J connectivity index is 1.98. The summed E-state index contributed by atoms with van der Waals surface area (Å²) >= 11 is 6.42. The summed E-state index contributed by atoms with van der Waals surface area (Å²) in [7, 11) is 2.13. The molecule has 6 heteroatoms. The van der Waals surface area contributed by atoms with E-state index in [-0.39, 0.29) is 0 Å². The Bertz CT molecular complexity index is 623. The number of pyridine rings is 1. The third-order valence-corrected chi connectivity index (χ3v) is 4.14. The third-order valence-electron chi connectivity index (χ3n) is 3.70. The fraction of sp³-hybridized carbons (Fsp3) is 0.400. The van der Waals surface area contributed by atoms with Crippen molar-refractivity contribution < 1.29 is 0 Å².